The van der Waals surface area contributed by atoms with Gasteiger partial charge < -0.3 is 19.6 Å². The molecule has 1 aliphatic rings. The van der Waals surface area contributed by atoms with Gasteiger partial charge in [-0.1, -0.05) is 18.2 Å². The van der Waals surface area contributed by atoms with E-state index in [-0.39, 0.29) is 11.5 Å². The van der Waals surface area contributed by atoms with Gasteiger partial charge in [0.15, 0.2) is 0 Å². The van der Waals surface area contributed by atoms with Crippen LogP contribution in [0.1, 0.15) is 12.8 Å². The molecule has 1 unspecified atom stereocenters. The molecular weight excluding hydrogens is 309 g/mol. The molecule has 1 fully saturated rings. The highest BCUT2D eigenvalue weighted by Crippen LogP contribution is 2.22. The van der Waals surface area contributed by atoms with Crippen molar-refractivity contribution in [2.24, 2.45) is 5.92 Å². The molecule has 0 aromatic heterocycles. The summed E-state index contributed by atoms with van der Waals surface area (Å²) in [5.74, 6) is -1.52. The first-order chi connectivity index (χ1) is 10.5. The Balaban J connectivity index is 2.02. The maximum absolute atomic E-state index is 12.2. The third kappa shape index (κ3) is 3.93. The van der Waals surface area contributed by atoms with Crippen LogP contribution < -0.4 is 4.72 Å². The van der Waals surface area contributed by atoms with Crippen molar-refractivity contribution in [1.82, 2.24) is 4.72 Å². The highest BCUT2D eigenvalue weighted by Gasteiger charge is 2.40. The number of carbonyl (C=O) groups is 1. The molecule has 0 saturated carbocycles. The largest absolute Gasteiger partial charge is 0.473 e. The molecule has 7 nitrogen and oxygen atoms in total. The lowest BCUT2D eigenvalue weighted by atomic mass is 9.72. The SMILES string of the molecule is O=CC(CO)[C@@H]1CC[C@H](NS(=O)(=O)c2ccccc2)B(O)O1. The topological polar surface area (TPSA) is 113 Å². The van der Waals surface area contributed by atoms with Crippen molar-refractivity contribution in [3.63, 3.8) is 0 Å². The van der Waals surface area contributed by atoms with Crippen LogP contribution in [0.3, 0.4) is 0 Å². The maximum Gasteiger partial charge on any atom is 0.473 e. The Labute approximate surface area is 129 Å². The van der Waals surface area contributed by atoms with E-state index in [4.69, 9.17) is 9.76 Å². The summed E-state index contributed by atoms with van der Waals surface area (Å²) >= 11 is 0. The number of aliphatic hydroxyl groups excluding tert-OH is 1. The van der Waals surface area contributed by atoms with Crippen LogP contribution in [-0.4, -0.2) is 50.6 Å². The zero-order valence-corrected chi connectivity index (χ0v) is 12.6. The quantitative estimate of drug-likeness (QED) is 0.472. The number of aldehydes is 1. The second-order valence-electron chi connectivity index (χ2n) is 5.17. The summed E-state index contributed by atoms with van der Waals surface area (Å²) in [4.78, 5) is 10.9. The normalized spacial score (nSPS) is 24.0. The van der Waals surface area contributed by atoms with E-state index in [0.29, 0.717) is 19.1 Å². The Morgan fingerprint density at radius 2 is 2.05 bits per heavy atom. The van der Waals surface area contributed by atoms with E-state index in [2.05, 4.69) is 4.72 Å². The van der Waals surface area contributed by atoms with Crippen LogP contribution in [0.4, 0.5) is 0 Å². The van der Waals surface area contributed by atoms with Crippen LogP contribution in [-0.2, 0) is 19.5 Å². The fourth-order valence-corrected chi connectivity index (χ4v) is 3.66. The molecule has 0 radical (unpaired) electrons. The number of benzene rings is 1. The lowest BCUT2D eigenvalue weighted by Crippen LogP contribution is -2.54. The Hall–Kier alpha value is -1.26. The lowest BCUT2D eigenvalue weighted by Gasteiger charge is -2.33. The molecule has 9 heteroatoms. The van der Waals surface area contributed by atoms with Crippen molar-refractivity contribution in [3.8, 4) is 0 Å². The predicted octanol–water partition coefficient (Wildman–Crippen LogP) is -0.660. The highest BCUT2D eigenvalue weighted by atomic mass is 32.2. The second kappa shape index (κ2) is 7.34. The zero-order chi connectivity index (χ0) is 16.2. The molecule has 3 N–H and O–H groups in total. The molecule has 1 aliphatic heterocycles. The van der Waals surface area contributed by atoms with Gasteiger partial charge in [-0.05, 0) is 25.0 Å². The first-order valence-electron chi connectivity index (χ1n) is 6.95. The van der Waals surface area contributed by atoms with Gasteiger partial charge in [-0.3, -0.25) is 0 Å². The van der Waals surface area contributed by atoms with Gasteiger partial charge in [-0.25, -0.2) is 13.1 Å². The van der Waals surface area contributed by atoms with Gasteiger partial charge in [0.2, 0.25) is 10.0 Å². The molecular formula is C13H18BNO6S. The van der Waals surface area contributed by atoms with Crippen molar-refractivity contribution >= 4 is 23.4 Å². The van der Waals surface area contributed by atoms with Crippen molar-refractivity contribution in [2.45, 2.75) is 29.8 Å². The predicted molar refractivity (Wildman–Crippen MR) is 79.3 cm³/mol. The number of nitrogens with one attached hydrogen (secondary N) is 1. The van der Waals surface area contributed by atoms with Crippen molar-refractivity contribution in [2.75, 3.05) is 6.61 Å². The summed E-state index contributed by atoms with van der Waals surface area (Å²) < 4.78 is 32.1. The standard InChI is InChI=1S/C13H18BNO6S/c16-8-10(9-17)12-6-7-13(14(18)21-12)15-22(19,20)11-4-2-1-3-5-11/h1-5,8,10,12-13,15,17-18H,6-7,9H2/t10?,12-,13-/m0/s1. The van der Waals surface area contributed by atoms with Gasteiger partial charge in [0, 0.05) is 0 Å². The minimum atomic E-state index is -3.75. The molecule has 2 rings (SSSR count). The molecule has 0 amide bonds. The molecule has 22 heavy (non-hydrogen) atoms. The monoisotopic (exact) mass is 327 g/mol. The molecule has 0 bridgehead atoms. The first-order valence-corrected chi connectivity index (χ1v) is 8.43. The molecule has 0 aliphatic carbocycles. The van der Waals surface area contributed by atoms with Crippen LogP contribution in [0.5, 0.6) is 0 Å². The Bertz CT molecular complexity index is 596. The first kappa shape index (κ1) is 17.1. The lowest BCUT2D eigenvalue weighted by molar-refractivity contribution is -0.116. The van der Waals surface area contributed by atoms with Crippen molar-refractivity contribution in [1.29, 1.82) is 0 Å². The van der Waals surface area contributed by atoms with Crippen LogP contribution >= 0.6 is 0 Å². The fourth-order valence-electron chi connectivity index (χ4n) is 2.38. The zero-order valence-electron chi connectivity index (χ0n) is 11.8. The summed E-state index contributed by atoms with van der Waals surface area (Å²) in [6.45, 7) is -0.374. The van der Waals surface area contributed by atoms with Crippen LogP contribution in [0.2, 0.25) is 0 Å². The molecule has 1 heterocycles. The maximum atomic E-state index is 12.2. The highest BCUT2D eigenvalue weighted by molar-refractivity contribution is 7.89. The molecule has 1 aromatic rings. The summed E-state index contributed by atoms with van der Waals surface area (Å²) in [5, 5.41) is 19.0. The number of carbonyl (C=O) groups excluding carboxylic acids is 1. The number of hydrogen-bond donors (Lipinski definition) is 3. The van der Waals surface area contributed by atoms with Gasteiger partial charge in [0.1, 0.15) is 6.29 Å². The number of hydrogen-bond acceptors (Lipinski definition) is 6. The third-order valence-corrected chi connectivity index (χ3v) is 5.15. The molecule has 120 valence electrons. The second-order valence-corrected chi connectivity index (χ2v) is 6.88. The van der Waals surface area contributed by atoms with Crippen molar-refractivity contribution < 1.29 is 28.0 Å². The third-order valence-electron chi connectivity index (χ3n) is 3.64. The summed E-state index contributed by atoms with van der Waals surface area (Å²) in [5.41, 5.74) is 0. The Morgan fingerprint density at radius 1 is 1.36 bits per heavy atom. The van der Waals surface area contributed by atoms with Gasteiger partial charge in [0.05, 0.1) is 29.5 Å². The molecule has 1 aromatic carbocycles. The van der Waals surface area contributed by atoms with Crippen molar-refractivity contribution in [3.05, 3.63) is 30.3 Å². The Kier molecular flexibility index (Phi) is 5.71. The summed E-state index contributed by atoms with van der Waals surface area (Å²) in [7, 11) is -5.12. The average molecular weight is 327 g/mol. The van der Waals surface area contributed by atoms with E-state index in [1.807, 2.05) is 0 Å². The van der Waals surface area contributed by atoms with E-state index in [1.165, 1.54) is 12.1 Å². The molecule has 1 saturated heterocycles. The molecule has 0 spiro atoms. The number of rotatable bonds is 6. The average Bonchev–Trinajstić information content (AvgIpc) is 2.52. The molecule has 3 atom stereocenters. The minimum Gasteiger partial charge on any atom is -0.426 e. The van der Waals surface area contributed by atoms with E-state index >= 15 is 0 Å². The number of aliphatic hydroxyl groups is 1. The summed E-state index contributed by atoms with van der Waals surface area (Å²) in [6.07, 6.45) is 0.631. The van der Waals surface area contributed by atoms with E-state index < -0.39 is 35.1 Å². The fraction of sp³-hybridized carbons (Fsp3) is 0.462. The van der Waals surface area contributed by atoms with E-state index in [0.717, 1.165) is 0 Å². The smallest absolute Gasteiger partial charge is 0.426 e. The van der Waals surface area contributed by atoms with Crippen LogP contribution in [0, 0.1) is 5.92 Å². The Morgan fingerprint density at radius 3 is 2.59 bits per heavy atom. The van der Waals surface area contributed by atoms with Gasteiger partial charge in [0.25, 0.3) is 0 Å². The van der Waals surface area contributed by atoms with E-state index in [9.17, 15) is 18.2 Å². The minimum absolute atomic E-state index is 0.102. The van der Waals surface area contributed by atoms with Gasteiger partial charge >= 0.3 is 7.12 Å². The van der Waals surface area contributed by atoms with Crippen LogP contribution in [0.15, 0.2) is 35.2 Å². The number of sulfonamides is 1. The van der Waals surface area contributed by atoms with Gasteiger partial charge in [-0.2, -0.15) is 0 Å². The van der Waals surface area contributed by atoms with Gasteiger partial charge in [-0.15, -0.1) is 0 Å². The summed E-state index contributed by atoms with van der Waals surface area (Å²) in [6, 6.07) is 7.82. The van der Waals surface area contributed by atoms with Crippen LogP contribution in [0.25, 0.3) is 0 Å². The van der Waals surface area contributed by atoms with E-state index in [1.54, 1.807) is 18.2 Å².